The first-order chi connectivity index (χ1) is 14.8. The fourth-order valence-electron chi connectivity index (χ4n) is 3.61. The quantitative estimate of drug-likeness (QED) is 0.434. The minimum absolute atomic E-state index is 0.131. The molecule has 4 rings (SSSR count). The summed E-state index contributed by atoms with van der Waals surface area (Å²) in [5.74, 6) is -0.252. The van der Waals surface area contributed by atoms with Crippen LogP contribution in [0.3, 0.4) is 0 Å². The number of H-pyrrole nitrogens is 1. The van der Waals surface area contributed by atoms with Gasteiger partial charge in [0.1, 0.15) is 0 Å². The highest BCUT2D eigenvalue weighted by Gasteiger charge is 2.22. The minimum atomic E-state index is -0.252. The standard InChI is InChI=1S/C26H23ClN2O2/c1-16-8-11-24-19(12-16)14-20(25(30)28-24)15-29(21-10-9-17(2)18(3)13-21)26(31)22-6-4-5-7-23(22)27/h4-14H,15H2,1-3H3,(H,28,30). The first-order valence-electron chi connectivity index (χ1n) is 10.1. The molecule has 1 aromatic heterocycles. The average molecular weight is 431 g/mol. The van der Waals surface area contributed by atoms with Crippen LogP contribution in [0.1, 0.15) is 32.6 Å². The highest BCUT2D eigenvalue weighted by Crippen LogP contribution is 2.26. The maximum absolute atomic E-state index is 13.5. The van der Waals surface area contributed by atoms with Crippen molar-refractivity contribution in [3.63, 3.8) is 0 Å². The Morgan fingerprint density at radius 2 is 1.71 bits per heavy atom. The Kier molecular flexibility index (Phi) is 5.66. The molecule has 31 heavy (non-hydrogen) atoms. The van der Waals surface area contributed by atoms with Crippen molar-refractivity contribution >= 4 is 34.1 Å². The summed E-state index contributed by atoms with van der Waals surface area (Å²) < 4.78 is 0. The Morgan fingerprint density at radius 3 is 2.45 bits per heavy atom. The lowest BCUT2D eigenvalue weighted by Crippen LogP contribution is -2.33. The van der Waals surface area contributed by atoms with E-state index in [1.165, 1.54) is 0 Å². The van der Waals surface area contributed by atoms with E-state index in [0.717, 1.165) is 33.3 Å². The van der Waals surface area contributed by atoms with Gasteiger partial charge in [0, 0.05) is 16.8 Å². The second-order valence-corrected chi connectivity index (χ2v) is 8.26. The number of carbonyl (C=O) groups is 1. The minimum Gasteiger partial charge on any atom is -0.322 e. The van der Waals surface area contributed by atoms with E-state index in [1.807, 2.05) is 63.2 Å². The van der Waals surface area contributed by atoms with Crippen molar-refractivity contribution in [3.8, 4) is 0 Å². The summed E-state index contributed by atoms with van der Waals surface area (Å²) in [5, 5.41) is 1.31. The second kappa shape index (κ2) is 8.40. The van der Waals surface area contributed by atoms with E-state index in [4.69, 9.17) is 11.6 Å². The van der Waals surface area contributed by atoms with Gasteiger partial charge in [-0.15, -0.1) is 0 Å². The number of amides is 1. The maximum atomic E-state index is 13.5. The molecule has 4 aromatic rings. The lowest BCUT2D eigenvalue weighted by atomic mass is 10.1. The van der Waals surface area contributed by atoms with Crippen LogP contribution >= 0.6 is 11.6 Å². The van der Waals surface area contributed by atoms with Gasteiger partial charge in [0.25, 0.3) is 11.5 Å². The van der Waals surface area contributed by atoms with Crippen LogP contribution in [0, 0.1) is 20.8 Å². The number of carbonyl (C=O) groups excluding carboxylic acids is 1. The summed E-state index contributed by atoms with van der Waals surface area (Å²) in [6.07, 6.45) is 0. The summed E-state index contributed by atoms with van der Waals surface area (Å²) in [7, 11) is 0. The molecule has 1 amide bonds. The number of nitrogens with zero attached hydrogens (tertiary/aromatic N) is 1. The number of anilines is 1. The van der Waals surface area contributed by atoms with Crippen molar-refractivity contribution in [1.82, 2.24) is 4.98 Å². The average Bonchev–Trinajstić information content (AvgIpc) is 2.74. The van der Waals surface area contributed by atoms with Gasteiger partial charge in [0.15, 0.2) is 0 Å². The molecule has 0 aliphatic heterocycles. The van der Waals surface area contributed by atoms with Gasteiger partial charge >= 0.3 is 0 Å². The number of hydrogen-bond acceptors (Lipinski definition) is 2. The van der Waals surface area contributed by atoms with Gasteiger partial charge in [-0.2, -0.15) is 0 Å². The van der Waals surface area contributed by atoms with Crippen molar-refractivity contribution in [1.29, 1.82) is 0 Å². The molecule has 0 aliphatic carbocycles. The number of aryl methyl sites for hydroxylation is 3. The Morgan fingerprint density at radius 1 is 0.935 bits per heavy atom. The van der Waals surface area contributed by atoms with E-state index in [1.54, 1.807) is 29.2 Å². The predicted octanol–water partition coefficient (Wildman–Crippen LogP) is 5.95. The first kappa shape index (κ1) is 20.9. The summed E-state index contributed by atoms with van der Waals surface area (Å²) in [4.78, 5) is 30.9. The number of rotatable bonds is 4. The molecule has 0 aliphatic rings. The van der Waals surface area contributed by atoms with Gasteiger partial charge in [-0.1, -0.05) is 41.4 Å². The number of hydrogen-bond donors (Lipinski definition) is 1. The largest absolute Gasteiger partial charge is 0.322 e. The molecule has 156 valence electrons. The smallest absolute Gasteiger partial charge is 0.260 e. The van der Waals surface area contributed by atoms with Gasteiger partial charge in [0.2, 0.25) is 0 Å². The Balaban J connectivity index is 1.83. The van der Waals surface area contributed by atoms with Gasteiger partial charge in [-0.05, 0) is 79.7 Å². The van der Waals surface area contributed by atoms with Crippen molar-refractivity contribution in [2.24, 2.45) is 0 Å². The zero-order chi connectivity index (χ0) is 22.1. The van der Waals surface area contributed by atoms with Crippen molar-refractivity contribution < 1.29 is 4.79 Å². The third-order valence-electron chi connectivity index (χ3n) is 5.56. The maximum Gasteiger partial charge on any atom is 0.260 e. The molecule has 1 N–H and O–H groups in total. The Labute approximate surface area is 186 Å². The fraction of sp³-hybridized carbons (Fsp3) is 0.154. The van der Waals surface area contributed by atoms with Gasteiger partial charge in [-0.3, -0.25) is 9.59 Å². The van der Waals surface area contributed by atoms with Crippen LogP contribution in [0.5, 0.6) is 0 Å². The fourth-order valence-corrected chi connectivity index (χ4v) is 3.83. The van der Waals surface area contributed by atoms with E-state index in [0.29, 0.717) is 16.1 Å². The summed E-state index contributed by atoms with van der Waals surface area (Å²) in [6, 6.07) is 20.5. The van der Waals surface area contributed by atoms with Crippen molar-refractivity contribution in [2.75, 3.05) is 4.90 Å². The van der Waals surface area contributed by atoms with Crippen LogP contribution in [-0.2, 0) is 6.54 Å². The molecule has 1 heterocycles. The third-order valence-corrected chi connectivity index (χ3v) is 5.89. The van der Waals surface area contributed by atoms with Crippen LogP contribution in [0.25, 0.3) is 10.9 Å². The number of pyridine rings is 1. The van der Waals surface area contributed by atoms with Crippen LogP contribution in [0.15, 0.2) is 71.5 Å². The van der Waals surface area contributed by atoms with Crippen LogP contribution < -0.4 is 10.5 Å². The zero-order valence-electron chi connectivity index (χ0n) is 17.7. The number of benzene rings is 3. The Hall–Kier alpha value is -3.37. The highest BCUT2D eigenvalue weighted by molar-refractivity contribution is 6.34. The normalized spacial score (nSPS) is 11.0. The molecule has 0 saturated carbocycles. The number of aromatic amines is 1. The molecule has 0 bridgehead atoms. The molecule has 5 heteroatoms. The molecular weight excluding hydrogens is 408 g/mol. The number of halogens is 1. The molecule has 0 saturated heterocycles. The summed E-state index contributed by atoms with van der Waals surface area (Å²) >= 11 is 6.32. The molecule has 3 aromatic carbocycles. The van der Waals surface area contributed by atoms with Gasteiger partial charge in [0.05, 0.1) is 17.1 Å². The van der Waals surface area contributed by atoms with Crippen LogP contribution in [-0.4, -0.2) is 10.9 Å². The van der Waals surface area contributed by atoms with E-state index in [-0.39, 0.29) is 18.0 Å². The predicted molar refractivity (Wildman–Crippen MR) is 127 cm³/mol. The number of fused-ring (bicyclic) bond motifs is 1. The first-order valence-corrected chi connectivity index (χ1v) is 10.5. The summed E-state index contributed by atoms with van der Waals surface area (Å²) in [5.41, 5.74) is 5.49. The highest BCUT2D eigenvalue weighted by atomic mass is 35.5. The van der Waals surface area contributed by atoms with Crippen LogP contribution in [0.4, 0.5) is 5.69 Å². The number of aromatic nitrogens is 1. The van der Waals surface area contributed by atoms with E-state index < -0.39 is 0 Å². The molecule has 0 radical (unpaired) electrons. The number of nitrogens with one attached hydrogen (secondary N) is 1. The molecular formula is C26H23ClN2O2. The van der Waals surface area contributed by atoms with E-state index in [9.17, 15) is 9.59 Å². The SMILES string of the molecule is Cc1ccc2[nH]c(=O)c(CN(C(=O)c3ccccc3Cl)c3ccc(C)c(C)c3)cc2c1. The topological polar surface area (TPSA) is 53.2 Å². The molecule has 4 nitrogen and oxygen atoms in total. The monoisotopic (exact) mass is 430 g/mol. The molecule has 0 atom stereocenters. The Bertz CT molecular complexity index is 1360. The van der Waals surface area contributed by atoms with Gasteiger partial charge in [-0.25, -0.2) is 0 Å². The van der Waals surface area contributed by atoms with Gasteiger partial charge < -0.3 is 9.88 Å². The van der Waals surface area contributed by atoms with Crippen molar-refractivity contribution in [2.45, 2.75) is 27.3 Å². The lowest BCUT2D eigenvalue weighted by Gasteiger charge is -2.24. The van der Waals surface area contributed by atoms with Crippen LogP contribution in [0.2, 0.25) is 5.02 Å². The zero-order valence-corrected chi connectivity index (χ0v) is 18.5. The molecule has 0 fully saturated rings. The summed E-state index contributed by atoms with van der Waals surface area (Å²) in [6.45, 7) is 6.16. The lowest BCUT2D eigenvalue weighted by molar-refractivity contribution is 0.0985. The van der Waals surface area contributed by atoms with Crippen molar-refractivity contribution in [3.05, 3.63) is 110 Å². The third kappa shape index (κ3) is 4.25. The van der Waals surface area contributed by atoms with E-state index >= 15 is 0 Å². The molecule has 0 unspecified atom stereocenters. The second-order valence-electron chi connectivity index (χ2n) is 7.85. The van der Waals surface area contributed by atoms with E-state index in [2.05, 4.69) is 4.98 Å². The molecule has 0 spiro atoms.